The maximum atomic E-state index is 15.1. The minimum absolute atomic E-state index is 0.000196. The van der Waals surface area contributed by atoms with Crippen LogP contribution in [0, 0.1) is 12.3 Å². The predicted molar refractivity (Wildman–Crippen MR) is 145 cm³/mol. The third-order valence-electron chi connectivity index (χ3n) is 6.40. The zero-order valence-electron chi connectivity index (χ0n) is 23.1. The molecule has 208 valence electrons. The topological polar surface area (TPSA) is 109 Å². The molecular weight excluding hydrogens is 509 g/mol. The Morgan fingerprint density at radius 2 is 1.82 bits per heavy atom. The Kier molecular flexibility index (Phi) is 8.98. The lowest BCUT2D eigenvalue weighted by atomic mass is 9.85. The Balaban J connectivity index is 1.72. The van der Waals surface area contributed by atoms with Crippen LogP contribution in [0.3, 0.4) is 0 Å². The number of carbonyl (C=O) groups is 3. The highest BCUT2D eigenvalue weighted by molar-refractivity contribution is 7.13. The number of ether oxygens (including phenoxy) is 1. The van der Waals surface area contributed by atoms with Crippen molar-refractivity contribution in [2.24, 2.45) is 5.41 Å². The number of nitrogens with zero attached hydrogens (tertiary/aromatic N) is 2. The minimum atomic E-state index is -1.91. The number of aryl methyl sites for hydroxylation is 2. The molecule has 1 saturated heterocycles. The van der Waals surface area contributed by atoms with Crippen molar-refractivity contribution in [3.8, 4) is 10.4 Å². The molecule has 0 unspecified atom stereocenters. The maximum Gasteiger partial charge on any atom is 0.408 e. The fraction of sp³-hybridized carbons (Fsp3) is 0.571. The average Bonchev–Trinajstić information content (AvgIpc) is 3.36. The molecule has 1 fully saturated rings. The second kappa shape index (κ2) is 11.5. The molecule has 4 atom stereocenters. The van der Waals surface area contributed by atoms with E-state index in [2.05, 4.69) is 10.3 Å². The number of benzene rings is 1. The summed E-state index contributed by atoms with van der Waals surface area (Å²) < 4.78 is 20.4. The van der Waals surface area contributed by atoms with Crippen molar-refractivity contribution < 1.29 is 28.6 Å². The molecule has 2 N–H and O–H groups in total. The smallest absolute Gasteiger partial charge is 0.408 e. The van der Waals surface area contributed by atoms with E-state index in [1.165, 1.54) is 0 Å². The van der Waals surface area contributed by atoms with Gasteiger partial charge in [-0.2, -0.15) is 0 Å². The summed E-state index contributed by atoms with van der Waals surface area (Å²) in [6.45, 7) is 12.0. The number of Topliss-reactive ketones (excluding diaryl/α,β-unsaturated/α-hetero) is 1. The van der Waals surface area contributed by atoms with Crippen molar-refractivity contribution in [2.45, 2.75) is 91.3 Å². The van der Waals surface area contributed by atoms with Crippen LogP contribution in [-0.4, -0.2) is 69.3 Å². The van der Waals surface area contributed by atoms with E-state index in [9.17, 15) is 19.5 Å². The highest BCUT2D eigenvalue weighted by atomic mass is 32.1. The summed E-state index contributed by atoms with van der Waals surface area (Å²) in [5, 5.41) is 12.8. The van der Waals surface area contributed by atoms with Gasteiger partial charge in [-0.1, -0.05) is 45.0 Å². The first-order valence-electron chi connectivity index (χ1n) is 12.7. The van der Waals surface area contributed by atoms with Gasteiger partial charge in [0, 0.05) is 6.42 Å². The monoisotopic (exact) mass is 547 g/mol. The zero-order valence-corrected chi connectivity index (χ0v) is 23.9. The SMILES string of the molecule is Cc1ncsc1-c1ccc(CCC(=O)[C@@H]2[C@@H](F)[C@@H](O)CN2C(=O)[C@@H](NC(=O)OC(C)(C)C)C(C)(C)C)cc1. The quantitative estimate of drug-likeness (QED) is 0.530. The Morgan fingerprint density at radius 3 is 2.34 bits per heavy atom. The Labute approximate surface area is 227 Å². The number of thiazole rings is 1. The highest BCUT2D eigenvalue weighted by Gasteiger charge is 2.50. The second-order valence-corrected chi connectivity index (χ2v) is 12.7. The molecule has 8 nitrogen and oxygen atoms in total. The normalized spacial score (nSPS) is 20.8. The van der Waals surface area contributed by atoms with Gasteiger partial charge in [-0.25, -0.2) is 14.2 Å². The first kappa shape index (κ1) is 29.7. The maximum absolute atomic E-state index is 15.1. The van der Waals surface area contributed by atoms with Gasteiger partial charge in [0.05, 0.1) is 22.6 Å². The molecule has 2 aromatic rings. The van der Waals surface area contributed by atoms with Gasteiger partial charge in [0.25, 0.3) is 0 Å². The van der Waals surface area contributed by atoms with Crippen LogP contribution in [0.1, 0.15) is 59.2 Å². The molecule has 0 spiro atoms. The molecule has 10 heteroatoms. The van der Waals surface area contributed by atoms with Crippen molar-refractivity contribution in [1.82, 2.24) is 15.2 Å². The molecule has 1 aliphatic rings. The summed E-state index contributed by atoms with van der Waals surface area (Å²) in [4.78, 5) is 45.7. The molecule has 1 aromatic carbocycles. The third kappa shape index (κ3) is 7.17. The van der Waals surface area contributed by atoms with Crippen molar-refractivity contribution in [1.29, 1.82) is 0 Å². The molecule has 2 heterocycles. The summed E-state index contributed by atoms with van der Waals surface area (Å²) in [6, 6.07) is 5.24. The van der Waals surface area contributed by atoms with Gasteiger partial charge in [-0.3, -0.25) is 9.59 Å². The van der Waals surface area contributed by atoms with Crippen LogP contribution in [-0.2, 0) is 20.7 Å². The summed E-state index contributed by atoms with van der Waals surface area (Å²) in [6.07, 6.45) is -3.83. The van der Waals surface area contributed by atoms with Crippen LogP contribution in [0.15, 0.2) is 29.8 Å². The largest absolute Gasteiger partial charge is 0.444 e. The average molecular weight is 548 g/mol. The van der Waals surface area contributed by atoms with Crippen molar-refractivity contribution in [3.63, 3.8) is 0 Å². The van der Waals surface area contributed by atoms with E-state index in [4.69, 9.17) is 4.74 Å². The number of rotatable bonds is 7. The van der Waals surface area contributed by atoms with Crippen LogP contribution in [0.5, 0.6) is 0 Å². The third-order valence-corrected chi connectivity index (χ3v) is 7.38. The van der Waals surface area contributed by atoms with E-state index in [0.29, 0.717) is 6.42 Å². The number of alkyl carbamates (subject to hydrolysis) is 1. The van der Waals surface area contributed by atoms with Crippen LogP contribution in [0.25, 0.3) is 10.4 Å². The number of nitrogens with one attached hydrogen (secondary N) is 1. The van der Waals surface area contributed by atoms with Gasteiger partial charge in [0.2, 0.25) is 5.91 Å². The van der Waals surface area contributed by atoms with Crippen LogP contribution < -0.4 is 5.32 Å². The standard InChI is InChI=1S/C28H38FN3O5S/c1-16-23(38-15-30-16)18-11-8-17(9-12-18)10-13-19(33)22-21(29)20(34)14-32(22)25(35)24(27(2,3)4)31-26(36)37-28(5,6)7/h8-9,11-12,15,20-22,24,34H,10,13-14H2,1-7H3,(H,31,36)/t20-,21-,22+,24+/m0/s1. The number of carbonyl (C=O) groups excluding carboxylic acids is 3. The first-order valence-corrected chi connectivity index (χ1v) is 13.6. The van der Waals surface area contributed by atoms with E-state index < -0.39 is 53.2 Å². The van der Waals surface area contributed by atoms with Gasteiger partial charge >= 0.3 is 6.09 Å². The van der Waals surface area contributed by atoms with Crippen molar-refractivity contribution in [2.75, 3.05) is 6.54 Å². The first-order chi connectivity index (χ1) is 17.6. The van der Waals surface area contributed by atoms with Crippen LogP contribution in [0.2, 0.25) is 0 Å². The molecule has 0 aliphatic carbocycles. The summed E-state index contributed by atoms with van der Waals surface area (Å²) in [5.41, 5.74) is 3.13. The molecule has 1 aromatic heterocycles. The van der Waals surface area contributed by atoms with Crippen molar-refractivity contribution >= 4 is 29.1 Å². The Morgan fingerprint density at radius 1 is 1.18 bits per heavy atom. The van der Waals surface area contributed by atoms with E-state index in [1.54, 1.807) is 58.4 Å². The van der Waals surface area contributed by atoms with Crippen LogP contribution in [0.4, 0.5) is 9.18 Å². The van der Waals surface area contributed by atoms with Gasteiger partial charge in [-0.15, -0.1) is 11.3 Å². The lowest BCUT2D eigenvalue weighted by Gasteiger charge is -2.35. The number of amides is 2. The van der Waals surface area contributed by atoms with Gasteiger partial charge in [0.1, 0.15) is 23.8 Å². The number of likely N-dealkylation sites (tertiary alicyclic amines) is 1. The summed E-state index contributed by atoms with van der Waals surface area (Å²) in [7, 11) is 0. The summed E-state index contributed by atoms with van der Waals surface area (Å²) >= 11 is 1.55. The van der Waals surface area contributed by atoms with E-state index in [1.807, 2.05) is 31.2 Å². The van der Waals surface area contributed by atoms with Gasteiger partial charge in [0.15, 0.2) is 12.0 Å². The van der Waals surface area contributed by atoms with E-state index >= 15 is 4.39 Å². The van der Waals surface area contributed by atoms with Gasteiger partial charge < -0.3 is 20.1 Å². The molecule has 0 bridgehead atoms. The Hall–Kier alpha value is -2.85. The minimum Gasteiger partial charge on any atom is -0.444 e. The number of ketones is 1. The fourth-order valence-corrected chi connectivity index (χ4v) is 5.25. The van der Waals surface area contributed by atoms with E-state index in [0.717, 1.165) is 26.6 Å². The highest BCUT2D eigenvalue weighted by Crippen LogP contribution is 2.30. The van der Waals surface area contributed by atoms with Crippen molar-refractivity contribution in [3.05, 3.63) is 41.0 Å². The lowest BCUT2D eigenvalue weighted by molar-refractivity contribution is -0.142. The molecule has 38 heavy (non-hydrogen) atoms. The number of alkyl halides is 1. The number of hydrogen-bond acceptors (Lipinski definition) is 7. The predicted octanol–water partition coefficient (Wildman–Crippen LogP) is 4.47. The van der Waals surface area contributed by atoms with E-state index in [-0.39, 0.29) is 13.0 Å². The zero-order chi connectivity index (χ0) is 28.4. The second-order valence-electron chi connectivity index (χ2n) is 11.8. The molecule has 0 radical (unpaired) electrons. The number of aliphatic hydroxyl groups excluding tert-OH is 1. The number of aromatic nitrogens is 1. The number of hydrogen-bond donors (Lipinski definition) is 2. The number of aliphatic hydroxyl groups is 1. The number of β-amino-alcohol motifs (C(OH)–C–C–N with tert-alkyl or cyclic N) is 1. The summed E-state index contributed by atoms with van der Waals surface area (Å²) in [5.74, 6) is -1.11. The Bertz CT molecular complexity index is 1150. The lowest BCUT2D eigenvalue weighted by Crippen LogP contribution is -2.58. The van der Waals surface area contributed by atoms with Gasteiger partial charge in [-0.05, 0) is 50.7 Å². The number of halogens is 1. The molecule has 0 saturated carbocycles. The molecule has 1 aliphatic heterocycles. The van der Waals surface area contributed by atoms with Crippen LogP contribution >= 0.6 is 11.3 Å². The molecule has 2 amide bonds. The molecular formula is C28H38FN3O5S. The molecule has 3 rings (SSSR count). The fourth-order valence-electron chi connectivity index (χ4n) is 4.43.